The van der Waals surface area contributed by atoms with E-state index in [0.717, 1.165) is 23.6 Å². The van der Waals surface area contributed by atoms with Crippen LogP contribution in [0, 0.1) is 5.92 Å². The molecule has 1 aromatic rings. The molecule has 1 saturated heterocycles. The number of nitrogens with zero attached hydrogens (tertiary/aromatic N) is 1. The first kappa shape index (κ1) is 16.9. The van der Waals surface area contributed by atoms with E-state index in [-0.39, 0.29) is 23.0 Å². The van der Waals surface area contributed by atoms with E-state index >= 15 is 0 Å². The van der Waals surface area contributed by atoms with Gasteiger partial charge in [-0.05, 0) is 37.5 Å². The second-order valence-corrected chi connectivity index (χ2v) is 6.80. The number of hydrogen-bond donors (Lipinski definition) is 0. The predicted octanol–water partition coefficient (Wildman–Crippen LogP) is 3.27. The maximum Gasteiger partial charge on any atom is 0.223 e. The molecule has 1 aliphatic rings. The summed E-state index contributed by atoms with van der Waals surface area (Å²) in [6.07, 6.45) is 0.537. The zero-order chi connectivity index (χ0) is 16.1. The van der Waals surface area contributed by atoms with Crippen LogP contribution in [0.25, 0.3) is 0 Å². The molecule has 1 amide bonds. The standard InChI is InChI=1S/C17H23NO3S/c1-4-21-16-7-5-6-15(9-16)12(2)18-10-14(8-17(18)20)11-22-13(3)19/h5-7,9,12,14H,4,8,10-11H2,1-3H3. The zero-order valence-electron chi connectivity index (χ0n) is 13.4. The fourth-order valence-corrected chi connectivity index (χ4v) is 3.43. The van der Waals surface area contributed by atoms with Crippen molar-refractivity contribution in [2.24, 2.45) is 5.92 Å². The SMILES string of the molecule is CCOc1cccc(C(C)N2CC(CSC(C)=O)CC2=O)c1. The van der Waals surface area contributed by atoms with Crippen molar-refractivity contribution in [3.8, 4) is 5.75 Å². The molecule has 0 bridgehead atoms. The molecule has 1 aromatic carbocycles. The zero-order valence-corrected chi connectivity index (χ0v) is 14.2. The molecule has 0 spiro atoms. The van der Waals surface area contributed by atoms with Gasteiger partial charge in [0.15, 0.2) is 5.12 Å². The first-order chi connectivity index (χ1) is 10.5. The van der Waals surface area contributed by atoms with Crippen molar-refractivity contribution in [1.29, 1.82) is 0 Å². The Bertz CT molecular complexity index is 546. The largest absolute Gasteiger partial charge is 0.494 e. The van der Waals surface area contributed by atoms with Crippen LogP contribution >= 0.6 is 11.8 Å². The Morgan fingerprint density at radius 2 is 2.27 bits per heavy atom. The quantitative estimate of drug-likeness (QED) is 0.807. The molecule has 1 fully saturated rings. The Kier molecular flexibility index (Phi) is 5.89. The van der Waals surface area contributed by atoms with Crippen LogP contribution in [0.4, 0.5) is 0 Å². The number of thioether (sulfide) groups is 1. The van der Waals surface area contributed by atoms with Crippen molar-refractivity contribution in [1.82, 2.24) is 4.90 Å². The molecule has 2 atom stereocenters. The first-order valence-corrected chi connectivity index (χ1v) is 8.65. The lowest BCUT2D eigenvalue weighted by Gasteiger charge is -2.25. The van der Waals surface area contributed by atoms with Gasteiger partial charge in [-0.25, -0.2) is 0 Å². The Hall–Kier alpha value is -1.49. The smallest absolute Gasteiger partial charge is 0.223 e. The van der Waals surface area contributed by atoms with E-state index in [4.69, 9.17) is 4.74 Å². The number of rotatable bonds is 6. The molecule has 1 aliphatic heterocycles. The van der Waals surface area contributed by atoms with Crippen LogP contribution in [0.1, 0.15) is 38.8 Å². The van der Waals surface area contributed by atoms with Crippen molar-refractivity contribution < 1.29 is 14.3 Å². The lowest BCUT2D eigenvalue weighted by molar-refractivity contribution is -0.129. The Morgan fingerprint density at radius 3 is 2.95 bits per heavy atom. The van der Waals surface area contributed by atoms with Crippen LogP contribution in [0.15, 0.2) is 24.3 Å². The maximum absolute atomic E-state index is 12.3. The van der Waals surface area contributed by atoms with E-state index in [1.807, 2.05) is 43.0 Å². The van der Waals surface area contributed by atoms with Crippen LogP contribution < -0.4 is 4.74 Å². The van der Waals surface area contributed by atoms with Gasteiger partial charge in [-0.15, -0.1) is 0 Å². The highest BCUT2D eigenvalue weighted by Crippen LogP contribution is 2.31. The van der Waals surface area contributed by atoms with Gasteiger partial charge in [-0.2, -0.15) is 0 Å². The minimum Gasteiger partial charge on any atom is -0.494 e. The van der Waals surface area contributed by atoms with Crippen LogP contribution in [0.3, 0.4) is 0 Å². The molecule has 0 saturated carbocycles. The molecular weight excluding hydrogens is 298 g/mol. The summed E-state index contributed by atoms with van der Waals surface area (Å²) in [7, 11) is 0. The average Bonchev–Trinajstić information content (AvgIpc) is 2.86. The molecule has 22 heavy (non-hydrogen) atoms. The molecular formula is C17H23NO3S. The van der Waals surface area contributed by atoms with Crippen LogP contribution in [0.2, 0.25) is 0 Å². The molecule has 0 radical (unpaired) electrons. The molecule has 0 aromatic heterocycles. The van der Waals surface area contributed by atoms with Crippen LogP contribution in [0.5, 0.6) is 5.75 Å². The fourth-order valence-electron chi connectivity index (χ4n) is 2.74. The van der Waals surface area contributed by atoms with E-state index in [9.17, 15) is 9.59 Å². The van der Waals surface area contributed by atoms with Crippen molar-refractivity contribution >= 4 is 22.8 Å². The summed E-state index contributed by atoms with van der Waals surface area (Å²) in [6, 6.07) is 7.94. The number of carbonyl (C=O) groups excluding carboxylic acids is 2. The highest BCUT2D eigenvalue weighted by molar-refractivity contribution is 8.13. The molecule has 4 nitrogen and oxygen atoms in total. The Labute approximate surface area is 136 Å². The van der Waals surface area contributed by atoms with Crippen molar-refractivity contribution in [3.05, 3.63) is 29.8 Å². The summed E-state index contributed by atoms with van der Waals surface area (Å²) in [4.78, 5) is 25.2. The Balaban J connectivity index is 2.02. The van der Waals surface area contributed by atoms with Crippen LogP contribution in [-0.2, 0) is 9.59 Å². The van der Waals surface area contributed by atoms with Gasteiger partial charge >= 0.3 is 0 Å². The van der Waals surface area contributed by atoms with Crippen molar-refractivity contribution in [2.75, 3.05) is 18.9 Å². The maximum atomic E-state index is 12.3. The highest BCUT2D eigenvalue weighted by Gasteiger charge is 2.33. The lowest BCUT2D eigenvalue weighted by Crippen LogP contribution is -2.28. The summed E-state index contributed by atoms with van der Waals surface area (Å²) < 4.78 is 5.53. The fraction of sp³-hybridized carbons (Fsp3) is 0.529. The van der Waals surface area contributed by atoms with Crippen molar-refractivity contribution in [3.63, 3.8) is 0 Å². The number of ether oxygens (including phenoxy) is 1. The third-order valence-corrected chi connectivity index (χ3v) is 4.92. The van der Waals surface area contributed by atoms with Gasteiger partial charge in [0, 0.05) is 25.6 Å². The summed E-state index contributed by atoms with van der Waals surface area (Å²) >= 11 is 1.31. The molecule has 0 aliphatic carbocycles. The third kappa shape index (κ3) is 4.26. The lowest BCUT2D eigenvalue weighted by atomic mass is 10.1. The molecule has 1 heterocycles. The van der Waals surface area contributed by atoms with E-state index in [2.05, 4.69) is 0 Å². The number of benzene rings is 1. The van der Waals surface area contributed by atoms with Gasteiger partial charge in [0.25, 0.3) is 0 Å². The second kappa shape index (κ2) is 7.68. The number of amides is 1. The van der Waals surface area contributed by atoms with Gasteiger partial charge in [0.1, 0.15) is 5.75 Å². The van der Waals surface area contributed by atoms with Crippen molar-refractivity contribution in [2.45, 2.75) is 33.2 Å². The summed E-state index contributed by atoms with van der Waals surface area (Å²) in [5, 5.41) is 0.114. The predicted molar refractivity (Wildman–Crippen MR) is 89.0 cm³/mol. The summed E-state index contributed by atoms with van der Waals surface area (Å²) in [6.45, 7) is 6.92. The van der Waals surface area contributed by atoms with Gasteiger partial charge in [0.05, 0.1) is 12.6 Å². The topological polar surface area (TPSA) is 46.6 Å². The molecule has 0 N–H and O–H groups in total. The second-order valence-electron chi connectivity index (χ2n) is 5.60. The van der Waals surface area contributed by atoms with E-state index < -0.39 is 0 Å². The monoisotopic (exact) mass is 321 g/mol. The molecule has 120 valence electrons. The molecule has 2 rings (SSSR count). The number of carbonyl (C=O) groups is 2. The van der Waals surface area contributed by atoms with Gasteiger partial charge < -0.3 is 9.64 Å². The molecule has 2 unspecified atom stereocenters. The average molecular weight is 321 g/mol. The number of likely N-dealkylation sites (tertiary alicyclic amines) is 1. The van der Waals surface area contributed by atoms with Gasteiger partial charge in [-0.1, -0.05) is 23.9 Å². The minimum atomic E-state index is 0.0280. The third-order valence-electron chi connectivity index (χ3n) is 3.88. The first-order valence-electron chi connectivity index (χ1n) is 7.66. The van der Waals surface area contributed by atoms with E-state index in [1.54, 1.807) is 6.92 Å². The minimum absolute atomic E-state index is 0.0280. The van der Waals surface area contributed by atoms with Gasteiger partial charge in [-0.3, -0.25) is 9.59 Å². The summed E-state index contributed by atoms with van der Waals surface area (Å²) in [5.74, 6) is 1.99. The van der Waals surface area contributed by atoms with E-state index in [0.29, 0.717) is 13.0 Å². The number of hydrogen-bond acceptors (Lipinski definition) is 4. The van der Waals surface area contributed by atoms with E-state index in [1.165, 1.54) is 11.8 Å². The summed E-state index contributed by atoms with van der Waals surface area (Å²) in [5.41, 5.74) is 1.08. The normalized spacial score (nSPS) is 19.3. The van der Waals surface area contributed by atoms with Gasteiger partial charge in [0.2, 0.25) is 5.91 Å². The Morgan fingerprint density at radius 1 is 1.50 bits per heavy atom. The molecule has 5 heteroatoms. The van der Waals surface area contributed by atoms with Crippen LogP contribution in [-0.4, -0.2) is 34.8 Å². The highest BCUT2D eigenvalue weighted by atomic mass is 32.2.